The first kappa shape index (κ1) is 22.6. The fourth-order valence-corrected chi connectivity index (χ4v) is 6.13. The molecule has 3 fully saturated rings. The largest absolute Gasteiger partial charge is 0.389 e. The smallest absolute Gasteiger partial charge is 0.243 e. The van der Waals surface area contributed by atoms with Crippen molar-refractivity contribution in [3.63, 3.8) is 0 Å². The third kappa shape index (κ3) is 5.25. The van der Waals surface area contributed by atoms with E-state index in [0.717, 1.165) is 25.3 Å². The van der Waals surface area contributed by atoms with Crippen LogP contribution in [0.4, 0.5) is 4.39 Å². The molecule has 10 heteroatoms. The van der Waals surface area contributed by atoms with Crippen molar-refractivity contribution >= 4 is 15.9 Å². The van der Waals surface area contributed by atoms with Gasteiger partial charge in [0.1, 0.15) is 5.82 Å². The van der Waals surface area contributed by atoms with Crippen LogP contribution < -0.4 is 5.32 Å². The molecule has 4 atom stereocenters. The Morgan fingerprint density at radius 3 is 2.74 bits per heavy atom. The number of hydrogen-bond acceptors (Lipinski definition) is 6. The third-order valence-electron chi connectivity index (χ3n) is 6.22. The molecule has 2 saturated heterocycles. The number of aliphatic hydroxyl groups is 1. The monoisotopic (exact) mass is 456 g/mol. The number of amides is 1. The third-order valence-corrected chi connectivity index (χ3v) is 8.11. The summed E-state index contributed by atoms with van der Waals surface area (Å²) in [5.74, 6) is -0.703. The van der Waals surface area contributed by atoms with Gasteiger partial charge in [0.25, 0.3) is 0 Å². The number of carbonyl (C=O) groups is 1. The van der Waals surface area contributed by atoms with Crippen molar-refractivity contribution in [3.8, 4) is 0 Å². The molecule has 2 heterocycles. The Morgan fingerprint density at radius 1 is 1.23 bits per heavy atom. The van der Waals surface area contributed by atoms with Gasteiger partial charge in [0.15, 0.2) is 0 Å². The molecule has 0 unspecified atom stereocenters. The summed E-state index contributed by atoms with van der Waals surface area (Å²) in [6.07, 6.45) is 2.42. The second kappa shape index (κ2) is 9.50. The Hall–Kier alpha value is -1.59. The Morgan fingerprint density at radius 2 is 2.03 bits per heavy atom. The van der Waals surface area contributed by atoms with Crippen LogP contribution in [0, 0.1) is 5.82 Å². The van der Waals surface area contributed by atoms with E-state index in [-0.39, 0.29) is 49.1 Å². The lowest BCUT2D eigenvalue weighted by atomic mass is 9.92. The summed E-state index contributed by atoms with van der Waals surface area (Å²) in [6.45, 7) is -0.0948. The number of hydrogen-bond donors (Lipinski definition) is 2. The number of benzene rings is 1. The van der Waals surface area contributed by atoms with Gasteiger partial charge in [0.05, 0.1) is 48.9 Å². The Labute approximate surface area is 181 Å². The number of ether oxygens (including phenoxy) is 2. The maximum Gasteiger partial charge on any atom is 0.243 e. The highest BCUT2D eigenvalue weighted by molar-refractivity contribution is 7.89. The fourth-order valence-electron chi connectivity index (χ4n) is 4.38. The van der Waals surface area contributed by atoms with Crippen LogP contribution in [0.1, 0.15) is 38.5 Å². The highest BCUT2D eigenvalue weighted by atomic mass is 32.2. The van der Waals surface area contributed by atoms with Crippen LogP contribution in [0.5, 0.6) is 0 Å². The van der Waals surface area contributed by atoms with Crippen LogP contribution >= 0.6 is 0 Å². The summed E-state index contributed by atoms with van der Waals surface area (Å²) in [7, 11) is -4.06. The van der Waals surface area contributed by atoms with Gasteiger partial charge in [0, 0.05) is 12.6 Å². The maximum absolute atomic E-state index is 13.7. The van der Waals surface area contributed by atoms with Gasteiger partial charge < -0.3 is 19.9 Å². The van der Waals surface area contributed by atoms with Crippen LogP contribution in [-0.4, -0.2) is 73.9 Å². The second-order valence-corrected chi connectivity index (χ2v) is 10.5. The Balaban J connectivity index is 1.49. The molecule has 2 aliphatic heterocycles. The van der Waals surface area contributed by atoms with E-state index in [1.807, 2.05) is 0 Å². The van der Waals surface area contributed by atoms with Crippen molar-refractivity contribution in [1.29, 1.82) is 0 Å². The molecule has 1 saturated carbocycles. The molecular weight excluding hydrogens is 427 g/mol. The van der Waals surface area contributed by atoms with Gasteiger partial charge in [-0.1, -0.05) is 6.07 Å². The van der Waals surface area contributed by atoms with Crippen LogP contribution in [0.3, 0.4) is 0 Å². The van der Waals surface area contributed by atoms with Gasteiger partial charge in [-0.05, 0) is 50.3 Å². The summed E-state index contributed by atoms with van der Waals surface area (Å²) in [5.41, 5.74) is 0. The van der Waals surface area contributed by atoms with Gasteiger partial charge in [0.2, 0.25) is 15.9 Å². The number of halogens is 1. The normalized spacial score (nSPS) is 30.5. The minimum Gasteiger partial charge on any atom is -0.389 e. The zero-order chi connectivity index (χ0) is 22.0. The molecule has 1 aromatic carbocycles. The predicted octanol–water partition coefficient (Wildman–Crippen LogP) is 1.18. The van der Waals surface area contributed by atoms with Crippen LogP contribution in [-0.2, 0) is 24.3 Å². The fraction of sp³-hybridized carbons (Fsp3) is 0.667. The summed E-state index contributed by atoms with van der Waals surface area (Å²) < 4.78 is 53.2. The molecule has 172 valence electrons. The number of sulfonamides is 1. The van der Waals surface area contributed by atoms with E-state index in [1.165, 1.54) is 22.5 Å². The van der Waals surface area contributed by atoms with E-state index in [2.05, 4.69) is 5.32 Å². The standard InChI is InChI=1S/C21H29FN2O6S/c22-14-3-1-6-18(9-14)31(27,28)24-11-16(25)12-29-13-20-19(24)8-7-17(30-20)10-21(26)23-15-4-2-5-15/h1,3,6,9,15-17,19-20,25H,2,4-5,7-8,10-13H2,(H,23,26)/t16-,17-,19+,20-/m1/s1. The molecule has 0 radical (unpaired) electrons. The first-order valence-corrected chi connectivity index (χ1v) is 12.2. The second-order valence-electron chi connectivity index (χ2n) is 8.56. The van der Waals surface area contributed by atoms with Crippen molar-refractivity contribution in [2.24, 2.45) is 0 Å². The van der Waals surface area contributed by atoms with Crippen LogP contribution in [0.25, 0.3) is 0 Å². The first-order valence-electron chi connectivity index (χ1n) is 10.8. The first-order chi connectivity index (χ1) is 14.8. The highest BCUT2D eigenvalue weighted by Crippen LogP contribution is 2.31. The van der Waals surface area contributed by atoms with E-state index >= 15 is 0 Å². The molecule has 2 N–H and O–H groups in total. The molecule has 0 bridgehead atoms. The number of rotatable bonds is 5. The van der Waals surface area contributed by atoms with Crippen molar-refractivity contribution < 1.29 is 32.2 Å². The van der Waals surface area contributed by atoms with Gasteiger partial charge in [-0.15, -0.1) is 0 Å². The van der Waals surface area contributed by atoms with E-state index in [1.54, 1.807) is 0 Å². The predicted molar refractivity (Wildman–Crippen MR) is 109 cm³/mol. The summed E-state index contributed by atoms with van der Waals surface area (Å²) in [6, 6.07) is 4.52. The summed E-state index contributed by atoms with van der Waals surface area (Å²) >= 11 is 0. The number of nitrogens with one attached hydrogen (secondary N) is 1. The number of β-amino-alcohol motifs (C(OH)–C–C–N with tert-alkyl or cyclic N) is 1. The molecule has 1 amide bonds. The van der Waals surface area contributed by atoms with Gasteiger partial charge >= 0.3 is 0 Å². The van der Waals surface area contributed by atoms with E-state index in [4.69, 9.17) is 9.47 Å². The number of nitrogens with zero attached hydrogens (tertiary/aromatic N) is 1. The Kier molecular flexibility index (Phi) is 6.92. The molecular formula is C21H29FN2O6S. The number of fused-ring (bicyclic) bond motifs is 1. The molecule has 8 nitrogen and oxygen atoms in total. The summed E-state index contributed by atoms with van der Waals surface area (Å²) in [5, 5.41) is 13.2. The quantitative estimate of drug-likeness (QED) is 0.690. The SMILES string of the molecule is O=C(C[C@H]1CC[C@H]2[C@@H](COC[C@H](O)CN2S(=O)(=O)c2cccc(F)c2)O1)NC1CCC1. The van der Waals surface area contributed by atoms with Crippen molar-refractivity contribution in [2.75, 3.05) is 19.8 Å². The van der Waals surface area contributed by atoms with Crippen molar-refractivity contribution in [1.82, 2.24) is 9.62 Å². The maximum atomic E-state index is 13.7. The lowest BCUT2D eigenvalue weighted by Gasteiger charge is -2.43. The zero-order valence-electron chi connectivity index (χ0n) is 17.3. The van der Waals surface area contributed by atoms with E-state index < -0.39 is 34.1 Å². The van der Waals surface area contributed by atoms with E-state index in [9.17, 15) is 22.7 Å². The van der Waals surface area contributed by atoms with Crippen molar-refractivity contribution in [3.05, 3.63) is 30.1 Å². The van der Waals surface area contributed by atoms with Gasteiger partial charge in [-0.2, -0.15) is 4.31 Å². The summed E-state index contributed by atoms with van der Waals surface area (Å²) in [4.78, 5) is 12.1. The zero-order valence-corrected chi connectivity index (χ0v) is 18.1. The average molecular weight is 457 g/mol. The molecule has 0 aromatic heterocycles. The Bertz CT molecular complexity index is 894. The topological polar surface area (TPSA) is 105 Å². The molecule has 4 rings (SSSR count). The lowest BCUT2D eigenvalue weighted by Crippen LogP contribution is -2.57. The molecule has 1 aromatic rings. The highest BCUT2D eigenvalue weighted by Gasteiger charge is 2.43. The number of carbonyl (C=O) groups excluding carboxylic acids is 1. The average Bonchev–Trinajstić information content (AvgIpc) is 2.68. The minimum absolute atomic E-state index is 0.0332. The van der Waals surface area contributed by atoms with Gasteiger partial charge in [-0.3, -0.25) is 4.79 Å². The number of aliphatic hydroxyl groups excluding tert-OH is 1. The van der Waals surface area contributed by atoms with Crippen LogP contribution in [0.2, 0.25) is 0 Å². The van der Waals surface area contributed by atoms with Crippen molar-refractivity contribution in [2.45, 2.75) is 73.8 Å². The molecule has 1 aliphatic carbocycles. The molecule has 31 heavy (non-hydrogen) atoms. The minimum atomic E-state index is -4.06. The lowest BCUT2D eigenvalue weighted by molar-refractivity contribution is -0.147. The van der Waals surface area contributed by atoms with E-state index in [0.29, 0.717) is 12.8 Å². The van der Waals surface area contributed by atoms with Gasteiger partial charge in [-0.25, -0.2) is 12.8 Å². The van der Waals surface area contributed by atoms with Crippen LogP contribution in [0.15, 0.2) is 29.2 Å². The molecule has 3 aliphatic rings. The molecule has 0 spiro atoms.